The molecule has 1 amide bonds. The summed E-state index contributed by atoms with van der Waals surface area (Å²) in [6.45, 7) is 1.53. The molecule has 0 bridgehead atoms. The molecule has 1 aliphatic rings. The van der Waals surface area contributed by atoms with Gasteiger partial charge in [0.2, 0.25) is 0 Å². The Kier molecular flexibility index (Phi) is 6.11. The predicted molar refractivity (Wildman–Crippen MR) is 106 cm³/mol. The number of benzene rings is 1. The first-order valence-corrected chi connectivity index (χ1v) is 11.3. The van der Waals surface area contributed by atoms with Gasteiger partial charge < -0.3 is 0 Å². The number of nitrogens with zero attached hydrogens (tertiary/aromatic N) is 1. The second-order valence-electron chi connectivity index (χ2n) is 6.74. The second-order valence-corrected chi connectivity index (χ2v) is 9.53. The van der Waals surface area contributed by atoms with Gasteiger partial charge in [0.1, 0.15) is 0 Å². The first-order chi connectivity index (χ1) is 13.3. The quantitative estimate of drug-likeness (QED) is 0.565. The van der Waals surface area contributed by atoms with Crippen molar-refractivity contribution in [3.8, 4) is 0 Å². The van der Waals surface area contributed by atoms with Crippen LogP contribution < -0.4 is 10.3 Å². The van der Waals surface area contributed by atoms with Crippen LogP contribution in [0.1, 0.15) is 51.4 Å². The number of rotatable bonds is 5. The highest BCUT2D eigenvalue weighted by molar-refractivity contribution is 7.89. The van der Waals surface area contributed by atoms with Crippen molar-refractivity contribution in [3.63, 3.8) is 0 Å². The van der Waals surface area contributed by atoms with E-state index in [4.69, 9.17) is 0 Å². The van der Waals surface area contributed by atoms with Crippen LogP contribution in [0.4, 0.5) is 5.69 Å². The van der Waals surface area contributed by atoms with Crippen LogP contribution in [0.25, 0.3) is 0 Å². The van der Waals surface area contributed by atoms with Crippen molar-refractivity contribution in [2.45, 2.75) is 50.3 Å². The maximum Gasteiger partial charge on any atom is 0.276 e. The summed E-state index contributed by atoms with van der Waals surface area (Å²) < 4.78 is 25.0. The van der Waals surface area contributed by atoms with Gasteiger partial charge in [-0.05, 0) is 49.8 Å². The maximum atomic E-state index is 12.5. The molecule has 1 aromatic heterocycles. The topological polar surface area (TPSA) is 118 Å². The third-order valence-corrected chi connectivity index (χ3v) is 7.32. The van der Waals surface area contributed by atoms with E-state index in [9.17, 15) is 23.3 Å². The Bertz CT molecular complexity index is 989. The van der Waals surface area contributed by atoms with Crippen molar-refractivity contribution in [2.75, 3.05) is 0 Å². The molecule has 3 rings (SSSR count). The van der Waals surface area contributed by atoms with Crippen molar-refractivity contribution in [1.82, 2.24) is 10.3 Å². The van der Waals surface area contributed by atoms with E-state index in [1.807, 2.05) is 10.9 Å². The summed E-state index contributed by atoms with van der Waals surface area (Å²) in [6, 6.07) is 5.39. The summed E-state index contributed by atoms with van der Waals surface area (Å²) in [5, 5.41) is 10.9. The molecule has 1 aliphatic carbocycles. The molecule has 0 atom stereocenters. The predicted octanol–water partition coefficient (Wildman–Crippen LogP) is 3.25. The number of fused-ring (bicyclic) bond motifs is 1. The normalized spacial score (nSPS) is 14.6. The van der Waals surface area contributed by atoms with Crippen LogP contribution in [0.3, 0.4) is 0 Å². The minimum atomic E-state index is -4.15. The highest BCUT2D eigenvalue weighted by Crippen LogP contribution is 2.28. The van der Waals surface area contributed by atoms with E-state index in [0.717, 1.165) is 37.3 Å². The van der Waals surface area contributed by atoms with Gasteiger partial charge in [0, 0.05) is 17.0 Å². The van der Waals surface area contributed by atoms with E-state index < -0.39 is 20.9 Å². The molecule has 0 fully saturated rings. The van der Waals surface area contributed by atoms with Crippen LogP contribution in [0, 0.1) is 17.0 Å². The average Bonchev–Trinajstić information content (AvgIpc) is 3.02. The Labute approximate surface area is 167 Å². The van der Waals surface area contributed by atoms with Gasteiger partial charge in [0.25, 0.3) is 21.6 Å². The van der Waals surface area contributed by atoms with Crippen LogP contribution in [-0.2, 0) is 22.9 Å². The number of hydrogen-bond acceptors (Lipinski definition) is 6. The fourth-order valence-corrected chi connectivity index (χ4v) is 5.43. The molecule has 0 aliphatic heterocycles. The fraction of sp³-hybridized carbons (Fsp3) is 0.389. The van der Waals surface area contributed by atoms with Gasteiger partial charge in [0.05, 0.1) is 14.7 Å². The second kappa shape index (κ2) is 8.38. The highest BCUT2D eigenvalue weighted by atomic mass is 32.2. The molecular weight excluding hydrogens is 402 g/mol. The lowest BCUT2D eigenvalue weighted by Crippen LogP contribution is -2.41. The molecule has 0 radical (unpaired) electrons. The summed E-state index contributed by atoms with van der Waals surface area (Å²) in [7, 11) is -4.15. The highest BCUT2D eigenvalue weighted by Gasteiger charge is 2.22. The number of nitrogens with one attached hydrogen (secondary N) is 2. The van der Waals surface area contributed by atoms with Gasteiger partial charge in [0.15, 0.2) is 0 Å². The largest absolute Gasteiger partial charge is 0.276 e. The molecular formula is C18H21N3O5S2. The number of sulfonamides is 1. The summed E-state index contributed by atoms with van der Waals surface area (Å²) in [5.74, 6) is -0.539. The Morgan fingerprint density at radius 1 is 1.14 bits per heavy atom. The number of carbonyl (C=O) groups is 1. The summed E-state index contributed by atoms with van der Waals surface area (Å²) in [4.78, 5) is 26.1. The average molecular weight is 424 g/mol. The maximum absolute atomic E-state index is 12.5. The third-order valence-electron chi connectivity index (χ3n) is 4.69. The van der Waals surface area contributed by atoms with Crippen molar-refractivity contribution in [3.05, 3.63) is 55.3 Å². The molecule has 2 aromatic rings. The lowest BCUT2D eigenvalue weighted by molar-refractivity contribution is -0.385. The zero-order valence-corrected chi connectivity index (χ0v) is 17.0. The number of aryl methyl sites for hydroxylation is 3. The number of non-ortho nitro benzene ring substituents is 1. The molecule has 0 saturated heterocycles. The Hall–Kier alpha value is -2.30. The molecule has 10 heteroatoms. The molecule has 150 valence electrons. The number of thiophene rings is 1. The lowest BCUT2D eigenvalue weighted by Gasteiger charge is -2.09. The van der Waals surface area contributed by atoms with E-state index in [1.54, 1.807) is 0 Å². The van der Waals surface area contributed by atoms with Crippen LogP contribution in [0.15, 0.2) is 29.2 Å². The third kappa shape index (κ3) is 4.57. The molecule has 0 spiro atoms. The summed E-state index contributed by atoms with van der Waals surface area (Å²) in [6.07, 6.45) is 6.40. The van der Waals surface area contributed by atoms with Gasteiger partial charge in [-0.15, -0.1) is 16.2 Å². The Balaban J connectivity index is 1.74. The van der Waals surface area contributed by atoms with Crippen molar-refractivity contribution < 1.29 is 18.1 Å². The number of hydrazine groups is 1. The molecule has 0 saturated carbocycles. The number of hydrogen-bond donors (Lipinski definition) is 2. The molecule has 2 N–H and O–H groups in total. The molecule has 8 nitrogen and oxygen atoms in total. The van der Waals surface area contributed by atoms with Crippen LogP contribution in [0.2, 0.25) is 0 Å². The minimum Gasteiger partial charge on any atom is -0.273 e. The number of nitro benzene ring substituents is 1. The Morgan fingerprint density at radius 3 is 2.57 bits per heavy atom. The summed E-state index contributed by atoms with van der Waals surface area (Å²) in [5.41, 5.74) is 3.38. The minimum absolute atomic E-state index is 0.250. The first kappa shape index (κ1) is 20.4. The van der Waals surface area contributed by atoms with Crippen LogP contribution in [0.5, 0.6) is 0 Å². The Morgan fingerprint density at radius 2 is 1.86 bits per heavy atom. The first-order valence-electron chi connectivity index (χ1n) is 8.97. The van der Waals surface area contributed by atoms with Crippen LogP contribution >= 0.6 is 11.3 Å². The van der Waals surface area contributed by atoms with Crippen molar-refractivity contribution in [1.29, 1.82) is 0 Å². The van der Waals surface area contributed by atoms with Crippen LogP contribution in [-0.4, -0.2) is 19.2 Å². The van der Waals surface area contributed by atoms with E-state index >= 15 is 0 Å². The fourth-order valence-electron chi connectivity index (χ4n) is 3.18. The number of amides is 1. The van der Waals surface area contributed by atoms with Crippen molar-refractivity contribution >= 4 is 33.0 Å². The van der Waals surface area contributed by atoms with Gasteiger partial charge in [-0.25, -0.2) is 8.42 Å². The SMILES string of the molecule is Cc1ccc([N+](=O)[O-])cc1S(=O)(=O)NNC(=O)c1cc2c(s1)CCCCCC2. The molecule has 1 aromatic carbocycles. The zero-order chi connectivity index (χ0) is 20.3. The van der Waals surface area contributed by atoms with Gasteiger partial charge in [-0.3, -0.25) is 20.3 Å². The van der Waals surface area contributed by atoms with E-state index in [-0.39, 0.29) is 10.6 Å². The van der Waals surface area contributed by atoms with E-state index in [2.05, 4.69) is 5.43 Å². The smallest absolute Gasteiger partial charge is 0.273 e. The van der Waals surface area contributed by atoms with Gasteiger partial charge in [-0.1, -0.05) is 18.9 Å². The number of nitro groups is 1. The van der Waals surface area contributed by atoms with Gasteiger partial charge >= 0.3 is 0 Å². The standard InChI is InChI=1S/C18H21N3O5S2/c1-12-8-9-14(21(23)24)11-17(12)28(25,26)20-19-18(22)16-10-13-6-4-2-3-5-7-15(13)27-16/h8-11,20H,2-7H2,1H3,(H,19,22). The van der Waals surface area contributed by atoms with Gasteiger partial charge in [-0.2, -0.15) is 0 Å². The lowest BCUT2D eigenvalue weighted by atomic mass is 10.00. The summed E-state index contributed by atoms with van der Waals surface area (Å²) >= 11 is 1.39. The van der Waals surface area contributed by atoms with E-state index in [0.29, 0.717) is 10.4 Å². The molecule has 28 heavy (non-hydrogen) atoms. The van der Waals surface area contributed by atoms with E-state index in [1.165, 1.54) is 48.1 Å². The van der Waals surface area contributed by atoms with Crippen molar-refractivity contribution in [2.24, 2.45) is 0 Å². The molecule has 1 heterocycles. The zero-order valence-electron chi connectivity index (χ0n) is 15.4. The molecule has 0 unspecified atom stereocenters. The monoisotopic (exact) mass is 423 g/mol. The number of carbonyl (C=O) groups excluding carboxylic acids is 1.